The van der Waals surface area contributed by atoms with Crippen LogP contribution in [-0.4, -0.2) is 31.5 Å². The van der Waals surface area contributed by atoms with Crippen LogP contribution in [0.25, 0.3) is 11.4 Å². The molecule has 2 aromatic rings. The molecular weight excluding hydrogens is 296 g/mol. The summed E-state index contributed by atoms with van der Waals surface area (Å²) >= 11 is 1.41. The highest BCUT2D eigenvalue weighted by molar-refractivity contribution is 8.00. The molecule has 118 valence electrons. The Kier molecular flexibility index (Phi) is 4.90. The summed E-state index contributed by atoms with van der Waals surface area (Å²) in [6, 6.07) is 9.89. The topological polar surface area (TPSA) is 59.8 Å². The molecule has 0 fully saturated rings. The number of carbonyl (C=O) groups is 1. The van der Waals surface area contributed by atoms with E-state index >= 15 is 0 Å². The van der Waals surface area contributed by atoms with E-state index in [2.05, 4.69) is 15.5 Å². The fourth-order valence-corrected chi connectivity index (χ4v) is 2.75. The van der Waals surface area contributed by atoms with Gasteiger partial charge in [0.05, 0.1) is 5.25 Å². The second-order valence-corrected chi connectivity index (χ2v) is 7.54. The highest BCUT2D eigenvalue weighted by Gasteiger charge is 2.22. The van der Waals surface area contributed by atoms with E-state index in [0.717, 1.165) is 16.5 Å². The number of nitrogens with one attached hydrogen (secondary N) is 1. The number of amides is 1. The highest BCUT2D eigenvalue weighted by atomic mass is 32.2. The van der Waals surface area contributed by atoms with Crippen molar-refractivity contribution in [3.8, 4) is 11.4 Å². The Morgan fingerprint density at radius 3 is 2.45 bits per heavy atom. The maximum atomic E-state index is 12.2. The van der Waals surface area contributed by atoms with Crippen LogP contribution in [0.15, 0.2) is 35.5 Å². The van der Waals surface area contributed by atoms with Crippen molar-refractivity contribution in [2.45, 2.75) is 43.6 Å². The van der Waals surface area contributed by atoms with E-state index in [1.54, 1.807) is 0 Å². The first-order chi connectivity index (χ1) is 10.3. The van der Waals surface area contributed by atoms with Crippen LogP contribution in [0.4, 0.5) is 0 Å². The molecule has 5 nitrogen and oxygen atoms in total. The van der Waals surface area contributed by atoms with Crippen molar-refractivity contribution in [3.05, 3.63) is 30.3 Å². The first-order valence-corrected chi connectivity index (χ1v) is 8.09. The van der Waals surface area contributed by atoms with Crippen molar-refractivity contribution < 1.29 is 4.79 Å². The largest absolute Gasteiger partial charge is 0.351 e. The summed E-state index contributed by atoms with van der Waals surface area (Å²) in [6.45, 7) is 7.79. The number of hydrogen-bond donors (Lipinski definition) is 1. The van der Waals surface area contributed by atoms with E-state index in [4.69, 9.17) is 0 Å². The summed E-state index contributed by atoms with van der Waals surface area (Å²) < 4.78 is 1.92. The number of aromatic nitrogens is 3. The van der Waals surface area contributed by atoms with Gasteiger partial charge in [0.25, 0.3) is 0 Å². The molecule has 0 saturated carbocycles. The van der Waals surface area contributed by atoms with Crippen molar-refractivity contribution in [1.82, 2.24) is 20.1 Å². The third-order valence-electron chi connectivity index (χ3n) is 3.02. The minimum atomic E-state index is -0.235. The lowest BCUT2D eigenvalue weighted by Gasteiger charge is -2.22. The summed E-state index contributed by atoms with van der Waals surface area (Å²) in [5.41, 5.74) is 0.775. The summed E-state index contributed by atoms with van der Waals surface area (Å²) in [5, 5.41) is 11.9. The average Bonchev–Trinajstić information content (AvgIpc) is 2.79. The second-order valence-electron chi connectivity index (χ2n) is 6.23. The molecule has 1 unspecified atom stereocenters. The first kappa shape index (κ1) is 16.5. The van der Waals surface area contributed by atoms with Gasteiger partial charge in [0.2, 0.25) is 5.91 Å². The smallest absolute Gasteiger partial charge is 0.233 e. The lowest BCUT2D eigenvalue weighted by atomic mass is 10.1. The molecule has 0 aliphatic heterocycles. The highest BCUT2D eigenvalue weighted by Crippen LogP contribution is 2.25. The van der Waals surface area contributed by atoms with Crippen LogP contribution < -0.4 is 5.32 Å². The quantitative estimate of drug-likeness (QED) is 0.881. The maximum Gasteiger partial charge on any atom is 0.233 e. The fraction of sp³-hybridized carbons (Fsp3) is 0.438. The second kappa shape index (κ2) is 6.52. The minimum absolute atomic E-state index is 0.00163. The third-order valence-corrected chi connectivity index (χ3v) is 4.15. The van der Waals surface area contributed by atoms with Gasteiger partial charge in [0.15, 0.2) is 11.0 Å². The molecular formula is C16H22N4OS. The predicted molar refractivity (Wildman–Crippen MR) is 89.7 cm³/mol. The van der Waals surface area contributed by atoms with Crippen LogP contribution in [0.2, 0.25) is 0 Å². The molecule has 0 aliphatic rings. The Morgan fingerprint density at radius 2 is 1.86 bits per heavy atom. The van der Waals surface area contributed by atoms with Crippen LogP contribution in [0, 0.1) is 0 Å². The van der Waals surface area contributed by atoms with E-state index in [1.165, 1.54) is 11.8 Å². The van der Waals surface area contributed by atoms with Crippen LogP contribution in [-0.2, 0) is 11.8 Å². The number of hydrogen-bond acceptors (Lipinski definition) is 4. The average molecular weight is 318 g/mol. The summed E-state index contributed by atoms with van der Waals surface area (Å²) in [5.74, 6) is 0.799. The molecule has 1 amide bonds. The van der Waals surface area contributed by atoms with Gasteiger partial charge in [-0.3, -0.25) is 4.79 Å². The Balaban J connectivity index is 2.12. The van der Waals surface area contributed by atoms with Gasteiger partial charge in [-0.1, -0.05) is 42.1 Å². The molecule has 0 bridgehead atoms. The lowest BCUT2D eigenvalue weighted by molar-refractivity contribution is -0.121. The molecule has 0 saturated heterocycles. The molecule has 2 rings (SSSR count). The first-order valence-electron chi connectivity index (χ1n) is 7.21. The van der Waals surface area contributed by atoms with Crippen molar-refractivity contribution in [2.24, 2.45) is 7.05 Å². The normalized spacial score (nSPS) is 13.0. The Bertz CT molecular complexity index is 646. The van der Waals surface area contributed by atoms with Crippen molar-refractivity contribution in [1.29, 1.82) is 0 Å². The van der Waals surface area contributed by atoms with Crippen LogP contribution in [0.5, 0.6) is 0 Å². The van der Waals surface area contributed by atoms with Gasteiger partial charge in [0.1, 0.15) is 0 Å². The molecule has 1 heterocycles. The predicted octanol–water partition coefficient (Wildman–Crippen LogP) is 2.88. The number of nitrogens with zero attached hydrogens (tertiary/aromatic N) is 3. The van der Waals surface area contributed by atoms with Crippen LogP contribution in [0.3, 0.4) is 0 Å². The minimum Gasteiger partial charge on any atom is -0.351 e. The van der Waals surface area contributed by atoms with Crippen LogP contribution >= 0.6 is 11.8 Å². The van der Waals surface area contributed by atoms with Crippen molar-refractivity contribution in [3.63, 3.8) is 0 Å². The van der Waals surface area contributed by atoms with E-state index < -0.39 is 0 Å². The molecule has 1 atom stereocenters. The Hall–Kier alpha value is -1.82. The standard InChI is InChI=1S/C16H22N4OS/c1-11(14(21)17-16(2,3)4)22-15-19-18-13(20(15)5)12-9-7-6-8-10-12/h6-11H,1-5H3,(H,17,21). The van der Waals surface area contributed by atoms with E-state index in [1.807, 2.05) is 69.6 Å². The van der Waals surface area contributed by atoms with E-state index in [0.29, 0.717) is 0 Å². The van der Waals surface area contributed by atoms with Gasteiger partial charge < -0.3 is 9.88 Å². The van der Waals surface area contributed by atoms with Gasteiger partial charge in [0, 0.05) is 18.2 Å². The van der Waals surface area contributed by atoms with E-state index in [-0.39, 0.29) is 16.7 Å². The van der Waals surface area contributed by atoms with Crippen molar-refractivity contribution in [2.75, 3.05) is 0 Å². The number of carbonyl (C=O) groups excluding carboxylic acids is 1. The Labute approximate surface area is 135 Å². The van der Waals surface area contributed by atoms with Crippen molar-refractivity contribution >= 4 is 17.7 Å². The zero-order valence-electron chi connectivity index (χ0n) is 13.6. The third kappa shape index (κ3) is 4.10. The maximum absolute atomic E-state index is 12.2. The molecule has 0 spiro atoms. The molecule has 0 radical (unpaired) electrons. The number of rotatable bonds is 4. The van der Waals surface area contributed by atoms with Crippen LogP contribution in [0.1, 0.15) is 27.7 Å². The van der Waals surface area contributed by atoms with Gasteiger partial charge in [-0.05, 0) is 27.7 Å². The van der Waals surface area contributed by atoms with Gasteiger partial charge >= 0.3 is 0 Å². The summed E-state index contributed by atoms with van der Waals surface area (Å²) in [4.78, 5) is 12.2. The SMILES string of the molecule is CC(Sc1nnc(-c2ccccc2)n1C)C(=O)NC(C)(C)C. The molecule has 1 aromatic carbocycles. The molecule has 1 N–H and O–H groups in total. The molecule has 22 heavy (non-hydrogen) atoms. The molecule has 1 aromatic heterocycles. The molecule has 6 heteroatoms. The fourth-order valence-electron chi connectivity index (χ4n) is 1.94. The Morgan fingerprint density at radius 1 is 1.23 bits per heavy atom. The number of thioether (sulfide) groups is 1. The summed E-state index contributed by atoms with van der Waals surface area (Å²) in [6.07, 6.45) is 0. The monoisotopic (exact) mass is 318 g/mol. The zero-order valence-corrected chi connectivity index (χ0v) is 14.4. The van der Waals surface area contributed by atoms with Gasteiger partial charge in [-0.15, -0.1) is 10.2 Å². The van der Waals surface area contributed by atoms with E-state index in [9.17, 15) is 4.79 Å². The summed E-state index contributed by atoms with van der Waals surface area (Å²) in [7, 11) is 1.92. The molecule has 0 aliphatic carbocycles. The zero-order chi connectivity index (χ0) is 16.3. The number of benzene rings is 1. The van der Waals surface area contributed by atoms with Gasteiger partial charge in [-0.25, -0.2) is 0 Å². The van der Waals surface area contributed by atoms with Gasteiger partial charge in [-0.2, -0.15) is 0 Å². The lowest BCUT2D eigenvalue weighted by Crippen LogP contribution is -2.44.